The van der Waals surface area contributed by atoms with E-state index in [1.54, 1.807) is 4.57 Å². The van der Waals surface area contributed by atoms with Crippen molar-refractivity contribution in [3.63, 3.8) is 0 Å². The van der Waals surface area contributed by atoms with Crippen molar-refractivity contribution in [1.29, 1.82) is 0 Å². The number of para-hydroxylation sites is 1. The number of H-pyrrole nitrogens is 1. The van der Waals surface area contributed by atoms with Gasteiger partial charge in [0.15, 0.2) is 0 Å². The summed E-state index contributed by atoms with van der Waals surface area (Å²) in [5.41, 5.74) is 1.53. The second kappa shape index (κ2) is 4.20. The monoisotopic (exact) mass is 252 g/mol. The van der Waals surface area contributed by atoms with E-state index in [0.29, 0.717) is 18.2 Å². The molecule has 0 aliphatic carbocycles. The van der Waals surface area contributed by atoms with Gasteiger partial charge in [-0.25, -0.2) is 4.79 Å². The first kappa shape index (κ1) is 10.9. The molecule has 2 aromatic rings. The van der Waals surface area contributed by atoms with Gasteiger partial charge < -0.3 is 9.72 Å². The predicted molar refractivity (Wildman–Crippen MR) is 66.7 cm³/mol. The van der Waals surface area contributed by atoms with Crippen molar-refractivity contribution in [2.75, 3.05) is 13.2 Å². The first-order valence-electron chi connectivity index (χ1n) is 5.74. The highest BCUT2D eigenvalue weighted by Crippen LogP contribution is 2.27. The van der Waals surface area contributed by atoms with Crippen molar-refractivity contribution in [1.82, 2.24) is 9.55 Å². The molecule has 17 heavy (non-hydrogen) atoms. The molecule has 0 radical (unpaired) electrons. The molecule has 1 aromatic carbocycles. The number of fused-ring (bicyclic) bond motifs is 1. The van der Waals surface area contributed by atoms with Gasteiger partial charge in [0.05, 0.1) is 16.1 Å². The number of benzene rings is 1. The summed E-state index contributed by atoms with van der Waals surface area (Å²) in [5, 5.41) is 0.618. The first-order valence-corrected chi connectivity index (χ1v) is 6.11. The fourth-order valence-corrected chi connectivity index (χ4v) is 2.70. The molecular formula is C12H13ClN2O2. The number of nitrogens with one attached hydrogen (secondary N) is 1. The number of ether oxygens (including phenoxy) is 1. The number of aromatic amines is 1. The Morgan fingerprint density at radius 1 is 1.35 bits per heavy atom. The molecule has 1 fully saturated rings. The van der Waals surface area contributed by atoms with Crippen molar-refractivity contribution in [3.8, 4) is 0 Å². The molecule has 0 bridgehead atoms. The number of aromatic nitrogens is 2. The molecule has 1 aromatic heterocycles. The Kier molecular flexibility index (Phi) is 2.68. The van der Waals surface area contributed by atoms with Crippen LogP contribution in [0.4, 0.5) is 0 Å². The molecule has 5 heteroatoms. The van der Waals surface area contributed by atoms with Crippen LogP contribution in [-0.2, 0) is 4.74 Å². The summed E-state index contributed by atoms with van der Waals surface area (Å²) >= 11 is 6.18. The standard InChI is InChI=1S/C12H13ClN2O2/c13-9-2-1-3-10-11(9)15(12(16)14-10)8-4-6-17-7-5-8/h1-3,8H,4-7H2,(H,14,16). The maximum atomic E-state index is 12.0. The molecule has 0 atom stereocenters. The van der Waals surface area contributed by atoms with E-state index in [-0.39, 0.29) is 11.7 Å². The summed E-state index contributed by atoms with van der Waals surface area (Å²) in [6.07, 6.45) is 1.72. The number of nitrogens with zero attached hydrogens (tertiary/aromatic N) is 1. The molecule has 1 saturated heterocycles. The molecule has 0 amide bonds. The molecule has 0 saturated carbocycles. The summed E-state index contributed by atoms with van der Waals surface area (Å²) < 4.78 is 7.10. The molecule has 0 spiro atoms. The topological polar surface area (TPSA) is 47.0 Å². The van der Waals surface area contributed by atoms with Crippen LogP contribution < -0.4 is 5.69 Å². The maximum Gasteiger partial charge on any atom is 0.326 e. The molecule has 3 rings (SSSR count). The normalized spacial score (nSPS) is 17.7. The number of hydrogen-bond acceptors (Lipinski definition) is 2. The van der Waals surface area contributed by atoms with E-state index in [1.165, 1.54) is 0 Å². The minimum Gasteiger partial charge on any atom is -0.381 e. The van der Waals surface area contributed by atoms with Crippen LogP contribution >= 0.6 is 11.6 Å². The maximum absolute atomic E-state index is 12.0. The van der Waals surface area contributed by atoms with Gasteiger partial charge in [-0.3, -0.25) is 4.57 Å². The van der Waals surface area contributed by atoms with Crippen molar-refractivity contribution >= 4 is 22.6 Å². The zero-order chi connectivity index (χ0) is 11.8. The molecule has 0 unspecified atom stereocenters. The van der Waals surface area contributed by atoms with E-state index in [9.17, 15) is 4.79 Å². The molecule has 4 nitrogen and oxygen atoms in total. The Labute approximate surface area is 103 Å². The second-order valence-electron chi connectivity index (χ2n) is 4.28. The zero-order valence-electron chi connectivity index (χ0n) is 9.28. The highest BCUT2D eigenvalue weighted by molar-refractivity contribution is 6.34. The van der Waals surface area contributed by atoms with Crippen LogP contribution in [0.3, 0.4) is 0 Å². The zero-order valence-corrected chi connectivity index (χ0v) is 10.0. The largest absolute Gasteiger partial charge is 0.381 e. The number of halogens is 1. The fourth-order valence-electron chi connectivity index (χ4n) is 2.43. The van der Waals surface area contributed by atoms with E-state index in [1.807, 2.05) is 18.2 Å². The molecule has 1 aliphatic heterocycles. The van der Waals surface area contributed by atoms with Gasteiger partial charge in [0, 0.05) is 19.3 Å². The lowest BCUT2D eigenvalue weighted by Crippen LogP contribution is -2.27. The number of hydrogen-bond donors (Lipinski definition) is 1. The quantitative estimate of drug-likeness (QED) is 0.847. The minimum absolute atomic E-state index is 0.0833. The van der Waals surface area contributed by atoms with E-state index in [4.69, 9.17) is 16.3 Å². The van der Waals surface area contributed by atoms with Gasteiger partial charge in [-0.2, -0.15) is 0 Å². The smallest absolute Gasteiger partial charge is 0.326 e. The van der Waals surface area contributed by atoms with Crippen molar-refractivity contribution in [2.24, 2.45) is 0 Å². The predicted octanol–water partition coefficient (Wildman–Crippen LogP) is 2.33. The van der Waals surface area contributed by atoms with Crippen LogP contribution in [0.2, 0.25) is 5.02 Å². The van der Waals surface area contributed by atoms with Crippen molar-refractivity contribution in [2.45, 2.75) is 18.9 Å². The van der Waals surface area contributed by atoms with Gasteiger partial charge in [0.2, 0.25) is 0 Å². The highest BCUT2D eigenvalue weighted by Gasteiger charge is 2.21. The summed E-state index contributed by atoms with van der Waals surface area (Å²) in [6, 6.07) is 5.71. The summed E-state index contributed by atoms with van der Waals surface area (Å²) in [5.74, 6) is 0. The lowest BCUT2D eigenvalue weighted by molar-refractivity contribution is 0.0698. The lowest BCUT2D eigenvalue weighted by Gasteiger charge is -2.23. The lowest BCUT2D eigenvalue weighted by atomic mass is 10.1. The van der Waals surface area contributed by atoms with Gasteiger partial charge in [-0.1, -0.05) is 17.7 Å². The Bertz CT molecular complexity index is 596. The molecule has 2 heterocycles. The third kappa shape index (κ3) is 1.77. The van der Waals surface area contributed by atoms with Gasteiger partial charge in [0.25, 0.3) is 0 Å². The molecular weight excluding hydrogens is 240 g/mol. The molecule has 1 aliphatic rings. The fraction of sp³-hybridized carbons (Fsp3) is 0.417. The van der Waals surface area contributed by atoms with E-state index in [2.05, 4.69) is 4.98 Å². The summed E-state index contributed by atoms with van der Waals surface area (Å²) in [7, 11) is 0. The van der Waals surface area contributed by atoms with Crippen LogP contribution in [0.15, 0.2) is 23.0 Å². The van der Waals surface area contributed by atoms with Gasteiger partial charge in [-0.05, 0) is 25.0 Å². The van der Waals surface area contributed by atoms with Gasteiger partial charge in [0.1, 0.15) is 0 Å². The molecule has 1 N–H and O–H groups in total. The van der Waals surface area contributed by atoms with E-state index < -0.39 is 0 Å². The van der Waals surface area contributed by atoms with Crippen molar-refractivity contribution in [3.05, 3.63) is 33.7 Å². The van der Waals surface area contributed by atoms with Crippen LogP contribution in [0.25, 0.3) is 11.0 Å². The molecule has 90 valence electrons. The third-order valence-electron chi connectivity index (χ3n) is 3.24. The SMILES string of the molecule is O=c1[nH]c2cccc(Cl)c2n1C1CCOCC1. The van der Waals surface area contributed by atoms with Gasteiger partial charge >= 0.3 is 5.69 Å². The minimum atomic E-state index is -0.0833. The number of rotatable bonds is 1. The first-order chi connectivity index (χ1) is 8.27. The average Bonchev–Trinajstić information content (AvgIpc) is 2.68. The van der Waals surface area contributed by atoms with Crippen LogP contribution in [0, 0.1) is 0 Å². The second-order valence-corrected chi connectivity index (χ2v) is 4.69. The Hall–Kier alpha value is -1.26. The van der Waals surface area contributed by atoms with Crippen molar-refractivity contribution < 1.29 is 4.74 Å². The summed E-state index contributed by atoms with van der Waals surface area (Å²) in [4.78, 5) is 14.8. The van der Waals surface area contributed by atoms with E-state index in [0.717, 1.165) is 23.9 Å². The Morgan fingerprint density at radius 2 is 2.12 bits per heavy atom. The van der Waals surface area contributed by atoms with Crippen LogP contribution in [-0.4, -0.2) is 22.8 Å². The summed E-state index contributed by atoms with van der Waals surface area (Å²) in [6.45, 7) is 1.41. The van der Waals surface area contributed by atoms with Gasteiger partial charge in [-0.15, -0.1) is 0 Å². The van der Waals surface area contributed by atoms with E-state index >= 15 is 0 Å². The Morgan fingerprint density at radius 3 is 2.88 bits per heavy atom. The third-order valence-corrected chi connectivity index (χ3v) is 3.55. The number of imidazole rings is 1. The Balaban J connectivity index is 2.20. The highest BCUT2D eigenvalue weighted by atomic mass is 35.5. The van der Waals surface area contributed by atoms with Crippen LogP contribution in [0.1, 0.15) is 18.9 Å². The average molecular weight is 253 g/mol. The van der Waals surface area contributed by atoms with Crippen LogP contribution in [0.5, 0.6) is 0 Å².